The van der Waals surface area contributed by atoms with Gasteiger partial charge in [-0.3, -0.25) is 52.7 Å². The number of aliphatic carboxylic acids is 1. The molecule has 7 heterocycles. The van der Waals surface area contributed by atoms with Crippen molar-refractivity contribution in [1.82, 2.24) is 34.7 Å². The van der Waals surface area contributed by atoms with Gasteiger partial charge in [-0.1, -0.05) is 126 Å². The molecule has 35 heteroatoms. The van der Waals surface area contributed by atoms with E-state index in [1.165, 1.54) is 101 Å². The number of hydrogen-bond donors (Lipinski definition) is 9. The molecule has 0 bridgehead atoms. The van der Waals surface area contributed by atoms with Crippen LogP contribution in [0, 0.1) is 46.3 Å². The number of allylic oxidation sites excluding steroid dienone is 1. The number of aliphatic hydroxyl groups is 6. The number of alkyl halides is 1. The highest BCUT2D eigenvalue weighted by atomic mass is 35.5. The zero-order valence-electron chi connectivity index (χ0n) is 79.7. The molecule has 0 radical (unpaired) electrons. The Morgan fingerprint density at radius 3 is 1.56 bits per heavy atom. The van der Waals surface area contributed by atoms with E-state index in [1.807, 2.05) is 46.4 Å². The Morgan fingerprint density at radius 2 is 1.05 bits per heavy atom. The fourth-order valence-electron chi connectivity index (χ4n) is 20.6. The normalized spacial score (nSPS) is 29.0. The molecule has 0 aromatic rings. The second-order valence-electron chi connectivity index (χ2n) is 36.2. The number of unbranched alkanes of at least 4 members (excludes halogenated alkanes) is 5. The predicted octanol–water partition coefficient (Wildman–Crippen LogP) is 9.53. The molecule has 11 aliphatic rings. The maximum Gasteiger partial charge on any atom is 0.407 e. The summed E-state index contributed by atoms with van der Waals surface area (Å²) in [7, 11) is 0. The number of nitrogens with zero attached hydrogens (tertiary/aromatic N) is 6. The number of carboxylic acid groups (broad SMARTS) is 1. The van der Waals surface area contributed by atoms with E-state index in [-0.39, 0.29) is 191 Å². The number of carboxylic acids is 1. The predicted molar refractivity (Wildman–Crippen MR) is 488 cm³/mol. The van der Waals surface area contributed by atoms with Gasteiger partial charge in [0.15, 0.2) is 0 Å². The van der Waals surface area contributed by atoms with Gasteiger partial charge in [-0.15, -0.1) is 24.0 Å². The fourth-order valence-corrected chi connectivity index (χ4v) is 20.6. The quantitative estimate of drug-likeness (QED) is 0.00755. The molecule has 129 heavy (non-hydrogen) atoms. The number of cyclic esters (lactones) is 2. The maximum absolute atomic E-state index is 12.7. The number of amides is 7. The van der Waals surface area contributed by atoms with Gasteiger partial charge in [0, 0.05) is 116 Å². The van der Waals surface area contributed by atoms with Crippen LogP contribution in [-0.4, -0.2) is 307 Å². The van der Waals surface area contributed by atoms with Gasteiger partial charge in [0.05, 0.1) is 114 Å². The average molecular weight is 1880 g/mol. The molecule has 7 amide bonds. The third-order valence-corrected chi connectivity index (χ3v) is 28.0. The molecule has 3 saturated carbocycles. The van der Waals surface area contributed by atoms with Crippen molar-refractivity contribution in [3.8, 4) is 0 Å². The highest BCUT2D eigenvalue weighted by Gasteiger charge is 2.59. The summed E-state index contributed by atoms with van der Waals surface area (Å²) in [5.74, 6) is 0.722. The number of carbonyl (C=O) groups is 13. The zero-order chi connectivity index (χ0) is 95.5. The van der Waals surface area contributed by atoms with Crippen molar-refractivity contribution in [2.75, 3.05) is 98.3 Å². The number of carbonyl (C=O) groups excluding carboxylic acids is 12. The van der Waals surface area contributed by atoms with Gasteiger partial charge >= 0.3 is 35.9 Å². The van der Waals surface area contributed by atoms with E-state index in [9.17, 15) is 82.8 Å². The minimum Gasteiger partial charge on any atom is -0.481 e. The van der Waals surface area contributed by atoms with Gasteiger partial charge in [-0.25, -0.2) is 4.79 Å². The molecule has 33 nitrogen and oxygen atoms in total. The van der Waals surface area contributed by atoms with Gasteiger partial charge in [-0.2, -0.15) is 0 Å². The van der Waals surface area contributed by atoms with E-state index in [4.69, 9.17) is 40.0 Å². The van der Waals surface area contributed by atoms with Crippen LogP contribution in [-0.2, 0) is 81.2 Å². The van der Waals surface area contributed by atoms with Crippen LogP contribution in [0.2, 0.25) is 0 Å². The molecular formula is C94H162Cl2N8O25. The molecule has 4 unspecified atom stereocenters. The molecule has 742 valence electrons. The number of ether oxygens (including phenoxy) is 5. The van der Waals surface area contributed by atoms with Crippen LogP contribution in [0.4, 0.5) is 4.79 Å². The lowest BCUT2D eigenvalue weighted by Crippen LogP contribution is -2.50. The van der Waals surface area contributed by atoms with Gasteiger partial charge < -0.3 is 105 Å². The van der Waals surface area contributed by atoms with E-state index in [1.54, 1.807) is 33.4 Å². The number of alkyl carbamates (subject to hydrolysis) is 1. The highest BCUT2D eigenvalue weighted by molar-refractivity contribution is 6.15. The van der Waals surface area contributed by atoms with Crippen molar-refractivity contribution in [2.45, 2.75) is 362 Å². The van der Waals surface area contributed by atoms with Crippen LogP contribution >= 0.6 is 24.0 Å². The smallest absolute Gasteiger partial charge is 0.407 e. The van der Waals surface area contributed by atoms with Crippen molar-refractivity contribution >= 4 is 101 Å². The van der Waals surface area contributed by atoms with E-state index in [0.29, 0.717) is 103 Å². The molecule has 10 fully saturated rings. The third-order valence-electron chi connectivity index (χ3n) is 28.0. The van der Waals surface area contributed by atoms with Crippen molar-refractivity contribution in [2.24, 2.45) is 52.1 Å². The summed E-state index contributed by atoms with van der Waals surface area (Å²) >= 11 is 4.64. The average Bonchev–Trinajstić information content (AvgIpc) is 1.69. The largest absolute Gasteiger partial charge is 0.481 e. The number of rotatable bonds is 32. The SMILES string of the molecule is CCC(=O)N1CC[C@H](O)[C@@H]1CC.CCC(=O)N1CC[C@H](O)[C@@H]1CO.CCC(=O)N1CC[C@H](OC(=O)CCC(=O)O)[C@@H]1CC.CCC(=O)N1C[C@@H](CC)[C@@H](OC(=O)CCC(C)=O)C1.CCCCCCCC[C@@H]1CCC2C3CC=C4CC(OC(=O)NCC(=O)N5C[C@@H](COCCC)[C@@H](O)C5)CC[C@@]4(C)C3CC[C@]21C.CCl.Cl.NCC(=O)N1CC[C@H](O)[C@@H]1CO.O=C1CCC(=O)O1. The van der Waals surface area contributed by atoms with Crippen molar-refractivity contribution in [3.05, 3.63) is 11.6 Å². The minimum atomic E-state index is -1.02. The van der Waals surface area contributed by atoms with E-state index in [2.05, 4.69) is 48.5 Å². The van der Waals surface area contributed by atoms with E-state index < -0.39 is 54.3 Å². The number of Topliss-reactive ketones (excluding diaryl/α,β-unsaturated/α-hetero) is 1. The summed E-state index contributed by atoms with van der Waals surface area (Å²) in [4.78, 5) is 157. The summed E-state index contributed by atoms with van der Waals surface area (Å²) in [6.07, 6.45) is 28.5. The summed E-state index contributed by atoms with van der Waals surface area (Å²) < 4.78 is 26.2. The van der Waals surface area contributed by atoms with E-state index in [0.717, 1.165) is 81.6 Å². The van der Waals surface area contributed by atoms with Crippen molar-refractivity contribution < 1.29 is 122 Å². The van der Waals surface area contributed by atoms with Crippen molar-refractivity contribution in [3.63, 3.8) is 0 Å². The number of halogens is 2. The van der Waals surface area contributed by atoms with Crippen LogP contribution in [0.15, 0.2) is 11.6 Å². The lowest BCUT2D eigenvalue weighted by atomic mass is 9.47. The topological polar surface area (TPSA) is 467 Å². The second-order valence-corrected chi connectivity index (χ2v) is 36.2. The number of likely N-dealkylation sites (tertiary alicyclic amines) is 6. The summed E-state index contributed by atoms with van der Waals surface area (Å²) in [5.41, 5.74) is 7.42. The first-order valence-electron chi connectivity index (χ1n) is 47.9. The van der Waals surface area contributed by atoms with Gasteiger partial charge in [-0.05, 0) is 138 Å². The number of ketones is 1. The van der Waals surface area contributed by atoms with Crippen LogP contribution < -0.4 is 11.1 Å². The van der Waals surface area contributed by atoms with Crippen LogP contribution in [0.5, 0.6) is 0 Å². The molecule has 0 aromatic heterocycles. The Hall–Kier alpha value is -6.69. The molecule has 0 spiro atoms. The number of fused-ring (bicyclic) bond motifs is 5. The number of β-amino-alcohol motifs (C(OH)–C–C–N with tert-alkyl or cyclic N) is 1. The number of aliphatic hydroxyl groups excluding tert-OH is 6. The summed E-state index contributed by atoms with van der Waals surface area (Å²) in [6, 6.07) is -0.850. The standard InChI is InChI=1S/C38H64N2O5.C14H23NO4.C13H21NO5.C9H17NO2.C8H15NO3.C7H14N2O3.C4H4O3.CH3Cl.ClH/c1-5-7-8-9-10-11-12-28-14-16-32-31-15-13-29-22-30(17-19-38(29,4)33(31)18-20-37(28,32)3)45-36(43)39-23-35(42)40-24-27(34(41)25-40)26-44-21-6-2;1-4-11-8-15(13(17)5-2)9-12(11)19-14(18)7-6-10(3)16;1-3-9-10(7-8-14(9)11(15)4-2)19-13(18)6-5-12(16)17;1-3-7-8(11)5-6-10(7)9(12)4-2;1-2-8(12)9-4-3-7(11)6(9)5-10;8-3-7(12)9-2-1-6(11)5(9)4-10;5-3-1-2-4(6)7-3;1-2;/h13,27-28,30-34,41H,5-12,14-26H2,1-4H3,(H,39,43);11-12H,4-9H2,1-3H3;9-10H,3-8H2,1-2H3,(H,16,17);7-8,11H,3-6H2,1-2H3;6-7,10-11H,2-5H2,1H3;5-6,10-11H,1-4,8H2;1-2H2;1H3;1H/t27-,28+,30?,31?,32?,33?,34-,37-,38+;11-,12+;9-,10-;7-,8-;6-,7-;5-,6-;;;/m010000.../s1. The fraction of sp³-hybridized carbons (Fsp3) is 0.840. The monoisotopic (exact) mass is 1870 g/mol. The maximum atomic E-state index is 12.7. The molecule has 7 saturated heterocycles. The first-order chi connectivity index (χ1) is 61.0. The third kappa shape index (κ3) is 35.6. The lowest BCUT2D eigenvalue weighted by molar-refractivity contribution is -0.154. The Balaban J connectivity index is 0.000000426. The Bertz CT molecular complexity index is 3380. The first kappa shape index (κ1) is 116. The van der Waals surface area contributed by atoms with Gasteiger partial charge in [0.1, 0.15) is 30.6 Å². The molecule has 7 aliphatic heterocycles. The second kappa shape index (κ2) is 60.5. The molecular weight excluding hydrogens is 1710 g/mol. The molecule has 19 atom stereocenters. The first-order valence-corrected chi connectivity index (χ1v) is 48.6. The number of nitrogens with one attached hydrogen (secondary N) is 1. The van der Waals surface area contributed by atoms with Gasteiger partial charge in [0.25, 0.3) is 0 Å². The molecule has 10 N–H and O–H groups in total. The van der Waals surface area contributed by atoms with Crippen LogP contribution in [0.1, 0.15) is 295 Å². The van der Waals surface area contributed by atoms with Crippen LogP contribution in [0.3, 0.4) is 0 Å². The number of esters is 4. The zero-order valence-corrected chi connectivity index (χ0v) is 81.2. The Morgan fingerprint density at radius 1 is 0.535 bits per heavy atom. The highest BCUT2D eigenvalue weighted by Crippen LogP contribution is 2.67. The molecule has 4 aliphatic carbocycles. The van der Waals surface area contributed by atoms with Crippen LogP contribution in [0.25, 0.3) is 0 Å². The number of hydrogen-bond acceptors (Lipinski definition) is 25. The number of nitrogens with two attached hydrogens (primary N) is 1. The summed E-state index contributed by atoms with van der Waals surface area (Å²) in [5, 5.41) is 67.4. The van der Waals surface area contributed by atoms with E-state index >= 15 is 0 Å². The van der Waals surface area contributed by atoms with Gasteiger partial charge in [0.2, 0.25) is 35.4 Å². The molecule has 11 rings (SSSR count). The Kier molecular flexibility index (Phi) is 54.7. The van der Waals surface area contributed by atoms with Crippen molar-refractivity contribution in [1.29, 1.82) is 0 Å². The lowest BCUT2D eigenvalue weighted by Gasteiger charge is -2.58. The minimum absolute atomic E-state index is 0. The molecule has 0 aromatic carbocycles. The summed E-state index contributed by atoms with van der Waals surface area (Å²) in [6.45, 7) is 29.1. The Labute approximate surface area is 777 Å².